The second-order valence-corrected chi connectivity index (χ2v) is 7.50. The lowest BCUT2D eigenvalue weighted by Gasteiger charge is -2.32. The lowest BCUT2D eigenvalue weighted by atomic mass is 9.85. The number of hydrogen-bond acceptors (Lipinski definition) is 5. The summed E-state index contributed by atoms with van der Waals surface area (Å²) in [5.74, 6) is 1.19. The van der Waals surface area contributed by atoms with Crippen molar-refractivity contribution in [2.24, 2.45) is 0 Å². The van der Waals surface area contributed by atoms with Gasteiger partial charge in [-0.3, -0.25) is 4.79 Å². The van der Waals surface area contributed by atoms with Gasteiger partial charge in [-0.2, -0.15) is 5.26 Å². The number of aromatic nitrogens is 2. The standard InChI is InChI=1S/C24H24N4O3/c1-30-20-5-3-4-17(12-20)9-11-27-23(29)24(10-8-19-15-26-16-28(19)24)21-7-6-18(14-25)13-22(21)31-2/h3-7,12-13,15-16H,8-11H2,1-2H3,(H,27,29). The third-order valence-corrected chi connectivity index (χ3v) is 5.85. The molecule has 0 saturated carbocycles. The number of aryl methyl sites for hydroxylation is 1. The van der Waals surface area contributed by atoms with Crippen molar-refractivity contribution >= 4 is 5.91 Å². The zero-order valence-electron chi connectivity index (χ0n) is 17.6. The highest BCUT2D eigenvalue weighted by Gasteiger charge is 2.48. The Morgan fingerprint density at radius 2 is 2.13 bits per heavy atom. The number of hydrogen-bond donors (Lipinski definition) is 1. The van der Waals surface area contributed by atoms with Crippen LogP contribution in [0.5, 0.6) is 11.5 Å². The number of nitrogens with one attached hydrogen (secondary N) is 1. The fraction of sp³-hybridized carbons (Fsp3) is 0.292. The number of imidazole rings is 1. The molecule has 1 N–H and O–H groups in total. The molecule has 1 aliphatic heterocycles. The van der Waals surface area contributed by atoms with Crippen LogP contribution in [0, 0.1) is 11.3 Å². The van der Waals surface area contributed by atoms with E-state index in [4.69, 9.17) is 9.47 Å². The van der Waals surface area contributed by atoms with Gasteiger partial charge in [0.2, 0.25) is 0 Å². The number of methoxy groups -OCH3 is 2. The van der Waals surface area contributed by atoms with Gasteiger partial charge in [0.25, 0.3) is 5.91 Å². The molecule has 0 fully saturated rings. The molecule has 4 rings (SSSR count). The van der Waals surface area contributed by atoms with E-state index in [-0.39, 0.29) is 5.91 Å². The molecule has 0 aliphatic carbocycles. The van der Waals surface area contributed by atoms with Crippen LogP contribution in [0.2, 0.25) is 0 Å². The van der Waals surface area contributed by atoms with Crippen LogP contribution < -0.4 is 14.8 Å². The molecule has 2 aromatic carbocycles. The lowest BCUT2D eigenvalue weighted by molar-refractivity contribution is -0.127. The highest BCUT2D eigenvalue weighted by molar-refractivity contribution is 5.90. The zero-order valence-corrected chi connectivity index (χ0v) is 17.6. The lowest BCUT2D eigenvalue weighted by Crippen LogP contribution is -2.48. The highest BCUT2D eigenvalue weighted by Crippen LogP contribution is 2.42. The summed E-state index contributed by atoms with van der Waals surface area (Å²) in [7, 11) is 3.19. The van der Waals surface area contributed by atoms with Crippen LogP contribution in [-0.4, -0.2) is 36.2 Å². The molecule has 3 aromatic rings. The molecule has 1 atom stereocenters. The number of nitrogens with zero attached hydrogens (tertiary/aromatic N) is 3. The van der Waals surface area contributed by atoms with E-state index in [9.17, 15) is 10.1 Å². The van der Waals surface area contributed by atoms with Gasteiger partial charge in [0.15, 0.2) is 5.54 Å². The molecule has 158 valence electrons. The normalized spacial score (nSPS) is 16.9. The Labute approximate surface area is 181 Å². The van der Waals surface area contributed by atoms with Gasteiger partial charge in [-0.1, -0.05) is 18.2 Å². The van der Waals surface area contributed by atoms with E-state index in [2.05, 4.69) is 16.4 Å². The quantitative estimate of drug-likeness (QED) is 0.640. The fourth-order valence-corrected chi connectivity index (χ4v) is 4.29. The van der Waals surface area contributed by atoms with Crippen molar-refractivity contribution < 1.29 is 14.3 Å². The summed E-state index contributed by atoms with van der Waals surface area (Å²) in [6.07, 6.45) is 5.49. The number of amides is 1. The topological polar surface area (TPSA) is 89.2 Å². The van der Waals surface area contributed by atoms with Gasteiger partial charge >= 0.3 is 0 Å². The molecule has 7 heteroatoms. The van der Waals surface area contributed by atoms with Crippen LogP contribution >= 0.6 is 0 Å². The fourth-order valence-electron chi connectivity index (χ4n) is 4.29. The zero-order chi connectivity index (χ0) is 21.8. The summed E-state index contributed by atoms with van der Waals surface area (Å²) in [6, 6.07) is 15.2. The number of carbonyl (C=O) groups excluding carboxylic acids is 1. The summed E-state index contributed by atoms with van der Waals surface area (Å²) in [6.45, 7) is 0.483. The molecular weight excluding hydrogens is 392 g/mol. The van der Waals surface area contributed by atoms with Crippen molar-refractivity contribution in [2.45, 2.75) is 24.8 Å². The summed E-state index contributed by atoms with van der Waals surface area (Å²) in [5, 5.41) is 12.4. The smallest absolute Gasteiger partial charge is 0.251 e. The highest BCUT2D eigenvalue weighted by atomic mass is 16.5. The first-order valence-corrected chi connectivity index (χ1v) is 10.1. The molecule has 0 spiro atoms. The largest absolute Gasteiger partial charge is 0.497 e. The molecular formula is C24H24N4O3. The first kappa shape index (κ1) is 20.5. The van der Waals surface area contributed by atoms with Crippen LogP contribution in [0.4, 0.5) is 0 Å². The Bertz CT molecular complexity index is 1150. The Morgan fingerprint density at radius 1 is 1.26 bits per heavy atom. The van der Waals surface area contributed by atoms with Gasteiger partial charge in [-0.15, -0.1) is 0 Å². The van der Waals surface area contributed by atoms with E-state index in [1.807, 2.05) is 34.9 Å². The van der Waals surface area contributed by atoms with E-state index in [0.717, 1.165) is 29.0 Å². The molecule has 1 amide bonds. The van der Waals surface area contributed by atoms with Gasteiger partial charge in [0, 0.05) is 24.0 Å². The predicted octanol–water partition coefficient (Wildman–Crippen LogP) is 2.82. The molecule has 0 saturated heterocycles. The summed E-state index contributed by atoms with van der Waals surface area (Å²) >= 11 is 0. The van der Waals surface area contributed by atoms with Crippen LogP contribution in [0.1, 0.15) is 28.8 Å². The molecule has 1 unspecified atom stereocenters. The second-order valence-electron chi connectivity index (χ2n) is 7.50. The number of rotatable bonds is 7. The molecule has 7 nitrogen and oxygen atoms in total. The number of carbonyl (C=O) groups is 1. The maximum absolute atomic E-state index is 13.7. The van der Waals surface area contributed by atoms with E-state index in [0.29, 0.717) is 30.7 Å². The Kier molecular flexibility index (Phi) is 5.63. The monoisotopic (exact) mass is 416 g/mol. The minimum atomic E-state index is -0.973. The Hall–Kier alpha value is -3.79. The van der Waals surface area contributed by atoms with E-state index >= 15 is 0 Å². The third-order valence-electron chi connectivity index (χ3n) is 5.85. The van der Waals surface area contributed by atoms with Gasteiger partial charge < -0.3 is 19.4 Å². The van der Waals surface area contributed by atoms with Crippen molar-refractivity contribution in [3.8, 4) is 17.6 Å². The molecule has 1 aromatic heterocycles. The minimum Gasteiger partial charge on any atom is -0.497 e. The van der Waals surface area contributed by atoms with Gasteiger partial charge in [0.05, 0.1) is 32.2 Å². The van der Waals surface area contributed by atoms with Crippen LogP contribution in [-0.2, 0) is 23.2 Å². The minimum absolute atomic E-state index is 0.116. The van der Waals surface area contributed by atoms with Crippen LogP contribution in [0.25, 0.3) is 0 Å². The van der Waals surface area contributed by atoms with E-state index < -0.39 is 5.54 Å². The average Bonchev–Trinajstić information content (AvgIpc) is 3.42. The third kappa shape index (κ3) is 3.61. The van der Waals surface area contributed by atoms with Crippen molar-refractivity contribution in [1.82, 2.24) is 14.9 Å². The molecule has 0 radical (unpaired) electrons. The van der Waals surface area contributed by atoms with Crippen molar-refractivity contribution in [1.29, 1.82) is 5.26 Å². The molecule has 2 heterocycles. The first-order valence-electron chi connectivity index (χ1n) is 10.1. The number of fused-ring (bicyclic) bond motifs is 1. The van der Waals surface area contributed by atoms with Gasteiger partial charge in [-0.05, 0) is 49.1 Å². The average molecular weight is 416 g/mol. The maximum Gasteiger partial charge on any atom is 0.251 e. The summed E-state index contributed by atoms with van der Waals surface area (Å²) < 4.78 is 12.8. The van der Waals surface area contributed by atoms with Crippen molar-refractivity contribution in [3.63, 3.8) is 0 Å². The second kappa shape index (κ2) is 8.52. The molecule has 31 heavy (non-hydrogen) atoms. The van der Waals surface area contributed by atoms with Gasteiger partial charge in [0.1, 0.15) is 11.5 Å². The first-order chi connectivity index (χ1) is 15.1. The van der Waals surface area contributed by atoms with Gasteiger partial charge in [-0.25, -0.2) is 4.98 Å². The number of nitriles is 1. The van der Waals surface area contributed by atoms with E-state index in [1.165, 1.54) is 0 Å². The molecule has 0 bridgehead atoms. The Morgan fingerprint density at radius 3 is 2.90 bits per heavy atom. The SMILES string of the molecule is COc1cccc(CCNC(=O)C2(c3ccc(C#N)cc3OC)CCc3cncn32)c1. The molecule has 1 aliphatic rings. The number of ether oxygens (including phenoxy) is 2. The number of benzene rings is 2. The van der Waals surface area contributed by atoms with Crippen molar-refractivity contribution in [2.75, 3.05) is 20.8 Å². The summed E-state index contributed by atoms with van der Waals surface area (Å²) in [5.41, 5.74) is 2.32. The van der Waals surface area contributed by atoms with Crippen LogP contribution in [0.15, 0.2) is 55.0 Å². The van der Waals surface area contributed by atoms with E-state index in [1.54, 1.807) is 38.9 Å². The van der Waals surface area contributed by atoms with Crippen molar-refractivity contribution in [3.05, 3.63) is 77.4 Å². The summed E-state index contributed by atoms with van der Waals surface area (Å²) in [4.78, 5) is 17.9. The van der Waals surface area contributed by atoms with Crippen LogP contribution in [0.3, 0.4) is 0 Å². The maximum atomic E-state index is 13.7. The Balaban J connectivity index is 1.64. The predicted molar refractivity (Wildman–Crippen MR) is 115 cm³/mol.